The molecular formula is C20H15N3O3S. The van der Waals surface area contributed by atoms with E-state index in [0.717, 1.165) is 15.8 Å². The number of fused-ring (bicyclic) bond motifs is 1. The zero-order valence-corrected chi connectivity index (χ0v) is 15.2. The zero-order chi connectivity index (χ0) is 18.8. The molecule has 0 atom stereocenters. The third kappa shape index (κ3) is 3.63. The van der Waals surface area contributed by atoms with E-state index in [1.54, 1.807) is 36.7 Å². The number of anilines is 1. The van der Waals surface area contributed by atoms with Crippen LogP contribution in [0.15, 0.2) is 79.9 Å². The Labute approximate surface area is 159 Å². The van der Waals surface area contributed by atoms with Gasteiger partial charge in [-0.25, -0.2) is 14.8 Å². The second kappa shape index (κ2) is 7.13. The summed E-state index contributed by atoms with van der Waals surface area (Å²) >= 11 is 1.34. The van der Waals surface area contributed by atoms with Crippen LogP contribution in [0.25, 0.3) is 11.0 Å². The second-order valence-electron chi connectivity index (χ2n) is 5.81. The molecule has 4 rings (SSSR count). The number of hydrogen-bond acceptors (Lipinski definition) is 7. The molecule has 0 amide bonds. The van der Waals surface area contributed by atoms with Crippen molar-refractivity contribution in [1.82, 2.24) is 9.97 Å². The largest absolute Gasteiger partial charge is 0.424 e. The number of benzene rings is 2. The van der Waals surface area contributed by atoms with E-state index in [2.05, 4.69) is 9.97 Å². The average Bonchev–Trinajstić information content (AvgIpc) is 2.66. The van der Waals surface area contributed by atoms with Crippen molar-refractivity contribution in [3.63, 3.8) is 0 Å². The van der Waals surface area contributed by atoms with Crippen LogP contribution in [-0.4, -0.2) is 9.97 Å². The van der Waals surface area contributed by atoms with Crippen LogP contribution in [0.4, 0.5) is 5.69 Å². The Hall–Kier alpha value is -3.32. The van der Waals surface area contributed by atoms with Crippen molar-refractivity contribution in [1.29, 1.82) is 0 Å². The average molecular weight is 377 g/mol. The van der Waals surface area contributed by atoms with Crippen molar-refractivity contribution in [3.8, 4) is 11.8 Å². The molecule has 2 N–H and O–H groups in total. The Morgan fingerprint density at radius 1 is 1.07 bits per heavy atom. The fraction of sp³-hybridized carbons (Fsp3) is 0.0500. The van der Waals surface area contributed by atoms with Crippen molar-refractivity contribution >= 4 is 28.4 Å². The molecule has 7 heteroatoms. The predicted molar refractivity (Wildman–Crippen MR) is 104 cm³/mol. The SMILES string of the molecule is Cc1c(Sc2cccc(N)c2)c(=O)oc2cc(Oc3ncccn3)ccc12. The molecule has 6 nitrogen and oxygen atoms in total. The molecule has 0 unspecified atom stereocenters. The molecular weight excluding hydrogens is 362 g/mol. The minimum atomic E-state index is -0.402. The third-order valence-electron chi connectivity index (χ3n) is 3.91. The van der Waals surface area contributed by atoms with E-state index in [0.29, 0.717) is 21.9 Å². The first-order valence-corrected chi connectivity index (χ1v) is 8.97. The molecule has 0 fully saturated rings. The van der Waals surface area contributed by atoms with Crippen molar-refractivity contribution in [2.45, 2.75) is 16.7 Å². The van der Waals surface area contributed by atoms with Crippen LogP contribution in [-0.2, 0) is 0 Å². The standard InChI is InChI=1S/C20H15N3O3S/c1-12-16-7-6-14(25-20-22-8-3-9-23-20)11-17(16)26-19(24)18(12)27-15-5-2-4-13(21)10-15/h2-11H,21H2,1H3. The Kier molecular flexibility index (Phi) is 4.52. The maximum Gasteiger partial charge on any atom is 0.350 e. The van der Waals surface area contributed by atoms with Crippen LogP contribution in [0, 0.1) is 6.92 Å². The molecule has 4 aromatic rings. The van der Waals surface area contributed by atoms with Crippen molar-refractivity contribution < 1.29 is 9.15 Å². The van der Waals surface area contributed by atoms with Gasteiger partial charge in [0.2, 0.25) is 0 Å². The van der Waals surface area contributed by atoms with Gasteiger partial charge in [-0.05, 0) is 48.9 Å². The minimum absolute atomic E-state index is 0.227. The Morgan fingerprint density at radius 2 is 1.89 bits per heavy atom. The molecule has 0 spiro atoms. The van der Waals surface area contributed by atoms with Gasteiger partial charge in [0.05, 0.1) is 0 Å². The summed E-state index contributed by atoms with van der Waals surface area (Å²) in [4.78, 5) is 22.0. The van der Waals surface area contributed by atoms with Gasteiger partial charge in [-0.15, -0.1) is 0 Å². The first kappa shape index (κ1) is 17.1. The van der Waals surface area contributed by atoms with Crippen molar-refractivity contribution in [2.75, 3.05) is 5.73 Å². The van der Waals surface area contributed by atoms with Gasteiger partial charge < -0.3 is 14.9 Å². The van der Waals surface area contributed by atoms with Crippen molar-refractivity contribution in [3.05, 3.63) is 76.9 Å². The van der Waals surface area contributed by atoms with Gasteiger partial charge >= 0.3 is 11.6 Å². The van der Waals surface area contributed by atoms with Gasteiger partial charge in [0.15, 0.2) is 0 Å². The van der Waals surface area contributed by atoms with Crippen LogP contribution in [0.3, 0.4) is 0 Å². The fourth-order valence-electron chi connectivity index (χ4n) is 2.64. The number of aryl methyl sites for hydroxylation is 1. The van der Waals surface area contributed by atoms with E-state index < -0.39 is 5.63 Å². The van der Waals surface area contributed by atoms with Gasteiger partial charge in [0, 0.05) is 34.4 Å². The molecule has 0 aliphatic rings. The van der Waals surface area contributed by atoms with Crippen LogP contribution in [0.1, 0.15) is 5.56 Å². The number of rotatable bonds is 4. The summed E-state index contributed by atoms with van der Waals surface area (Å²) in [5, 5.41) is 0.835. The van der Waals surface area contributed by atoms with E-state index in [1.165, 1.54) is 11.8 Å². The van der Waals surface area contributed by atoms with Gasteiger partial charge in [-0.2, -0.15) is 0 Å². The lowest BCUT2D eigenvalue weighted by Gasteiger charge is -2.09. The normalized spacial score (nSPS) is 10.9. The highest BCUT2D eigenvalue weighted by molar-refractivity contribution is 7.99. The first-order chi connectivity index (χ1) is 13.1. The van der Waals surface area contributed by atoms with Crippen LogP contribution in [0.2, 0.25) is 0 Å². The van der Waals surface area contributed by atoms with E-state index in [9.17, 15) is 4.79 Å². The molecule has 0 saturated carbocycles. The molecule has 0 saturated heterocycles. The fourth-order valence-corrected chi connectivity index (χ4v) is 3.61. The summed E-state index contributed by atoms with van der Waals surface area (Å²) in [6.07, 6.45) is 3.18. The first-order valence-electron chi connectivity index (χ1n) is 8.16. The van der Waals surface area contributed by atoms with Gasteiger partial charge in [0.1, 0.15) is 16.2 Å². The Bertz CT molecular complexity index is 1180. The van der Waals surface area contributed by atoms with E-state index in [4.69, 9.17) is 14.9 Å². The van der Waals surface area contributed by atoms with E-state index in [-0.39, 0.29) is 6.01 Å². The Morgan fingerprint density at radius 3 is 2.67 bits per heavy atom. The molecule has 0 bridgehead atoms. The van der Waals surface area contributed by atoms with E-state index in [1.807, 2.05) is 31.2 Å². The lowest BCUT2D eigenvalue weighted by Crippen LogP contribution is -2.05. The number of hydrogen-bond donors (Lipinski definition) is 1. The zero-order valence-electron chi connectivity index (χ0n) is 14.4. The van der Waals surface area contributed by atoms with Crippen LogP contribution < -0.4 is 16.1 Å². The lowest BCUT2D eigenvalue weighted by molar-refractivity contribution is 0.440. The number of nitrogens with two attached hydrogens (primary N) is 1. The number of ether oxygens (including phenoxy) is 1. The quantitative estimate of drug-likeness (QED) is 0.416. The number of nitrogens with zero attached hydrogens (tertiary/aromatic N) is 2. The molecule has 2 aromatic heterocycles. The highest BCUT2D eigenvalue weighted by Gasteiger charge is 2.14. The summed E-state index contributed by atoms with van der Waals surface area (Å²) in [6, 6.07) is 14.6. The van der Waals surface area contributed by atoms with Gasteiger partial charge in [-0.1, -0.05) is 17.8 Å². The molecule has 2 heterocycles. The van der Waals surface area contributed by atoms with Gasteiger partial charge in [-0.3, -0.25) is 0 Å². The van der Waals surface area contributed by atoms with Crippen molar-refractivity contribution in [2.24, 2.45) is 0 Å². The maximum absolute atomic E-state index is 12.5. The molecule has 2 aromatic carbocycles. The predicted octanol–water partition coefficient (Wildman–Crippen LogP) is 4.42. The summed E-state index contributed by atoms with van der Waals surface area (Å²) < 4.78 is 11.1. The van der Waals surface area contributed by atoms with Crippen LogP contribution >= 0.6 is 11.8 Å². The molecule has 134 valence electrons. The number of aromatic nitrogens is 2. The van der Waals surface area contributed by atoms with Gasteiger partial charge in [0.25, 0.3) is 0 Å². The number of nitrogen functional groups attached to an aromatic ring is 1. The Balaban J connectivity index is 1.71. The topological polar surface area (TPSA) is 91.2 Å². The maximum atomic E-state index is 12.5. The molecule has 0 radical (unpaired) electrons. The highest BCUT2D eigenvalue weighted by Crippen LogP contribution is 2.33. The molecule has 0 aliphatic carbocycles. The summed E-state index contributed by atoms with van der Waals surface area (Å²) in [7, 11) is 0. The summed E-state index contributed by atoms with van der Waals surface area (Å²) in [5.41, 5.74) is 7.35. The second-order valence-corrected chi connectivity index (χ2v) is 6.89. The highest BCUT2D eigenvalue weighted by atomic mass is 32.2. The molecule has 27 heavy (non-hydrogen) atoms. The monoisotopic (exact) mass is 377 g/mol. The van der Waals surface area contributed by atoms with E-state index >= 15 is 0 Å². The minimum Gasteiger partial charge on any atom is -0.424 e. The third-order valence-corrected chi connectivity index (χ3v) is 5.08. The molecule has 0 aliphatic heterocycles. The van der Waals surface area contributed by atoms with Crippen LogP contribution in [0.5, 0.6) is 11.8 Å². The summed E-state index contributed by atoms with van der Waals surface area (Å²) in [5.74, 6) is 0.493. The smallest absolute Gasteiger partial charge is 0.350 e. The summed E-state index contributed by atoms with van der Waals surface area (Å²) in [6.45, 7) is 1.90. The lowest BCUT2D eigenvalue weighted by atomic mass is 10.1.